The van der Waals surface area contributed by atoms with Crippen LogP contribution in [-0.4, -0.2) is 17.9 Å². The van der Waals surface area contributed by atoms with Crippen LogP contribution in [0, 0.1) is 0 Å². The zero-order valence-corrected chi connectivity index (χ0v) is 34.6. The Hall–Kier alpha value is -8.60. The van der Waals surface area contributed by atoms with E-state index in [4.69, 9.17) is 0 Å². The van der Waals surface area contributed by atoms with E-state index in [0.29, 0.717) is 0 Å². The Labute approximate surface area is 365 Å². The van der Waals surface area contributed by atoms with Crippen LogP contribution < -0.4 is 0 Å². The van der Waals surface area contributed by atoms with Gasteiger partial charge in [-0.3, -0.25) is 0 Å². The van der Waals surface area contributed by atoms with Gasteiger partial charge in [0.2, 0.25) is 0 Å². The number of hydrogen-bond donors (Lipinski definition) is 0. The molecular weight excluding hydrogens is 777 g/mol. The van der Waals surface area contributed by atoms with E-state index in [1.807, 2.05) is 0 Å². The fraction of sp³-hybridized carbons (Fsp3) is 0. The van der Waals surface area contributed by atoms with Crippen molar-refractivity contribution < 1.29 is 0 Å². The summed E-state index contributed by atoms with van der Waals surface area (Å²) in [4.78, 5) is 0. The van der Waals surface area contributed by atoms with Crippen molar-refractivity contribution in [1.82, 2.24) is 17.9 Å². The molecule has 64 heavy (non-hydrogen) atoms. The lowest BCUT2D eigenvalue weighted by atomic mass is 10.0. The molecule has 0 amide bonds. The topological polar surface area (TPSA) is 18.7 Å². The maximum absolute atomic E-state index is 2.55. The molecule has 0 saturated heterocycles. The lowest BCUT2D eigenvalue weighted by Gasteiger charge is -2.11. The zero-order chi connectivity index (χ0) is 41.6. The van der Waals surface area contributed by atoms with Crippen LogP contribution >= 0.6 is 0 Å². The summed E-state index contributed by atoms with van der Waals surface area (Å²) in [6, 6.07) is 81.0. The highest BCUT2D eigenvalue weighted by Gasteiger charge is 2.21. The molecule has 0 aliphatic heterocycles. The molecule has 0 N–H and O–H groups in total. The second kappa shape index (κ2) is 12.5. The van der Waals surface area contributed by atoms with Crippen LogP contribution in [-0.2, 0) is 0 Å². The van der Waals surface area contributed by atoms with Crippen LogP contribution in [0.15, 0.2) is 218 Å². The molecule has 0 radical (unpaired) electrons. The molecule has 15 rings (SSSR count). The van der Waals surface area contributed by atoms with Crippen molar-refractivity contribution in [3.05, 3.63) is 218 Å². The van der Waals surface area contributed by atoms with Crippen molar-refractivity contribution in [2.75, 3.05) is 0 Å². The van der Waals surface area contributed by atoms with Crippen LogP contribution in [0.2, 0.25) is 0 Å². The fourth-order valence-electron chi connectivity index (χ4n) is 11.5. The molecule has 0 aliphatic rings. The van der Waals surface area contributed by atoms with Crippen LogP contribution in [0.25, 0.3) is 131 Å². The smallest absolute Gasteiger partial charge is 0.0782 e. The average Bonchev–Trinajstić information content (AvgIpc) is 4.09. The first kappa shape index (κ1) is 34.0. The molecule has 4 nitrogen and oxygen atoms in total. The predicted octanol–water partition coefficient (Wildman–Crippen LogP) is 15.9. The molecule has 0 aliphatic carbocycles. The van der Waals surface area contributed by atoms with Gasteiger partial charge in [-0.25, -0.2) is 0 Å². The van der Waals surface area contributed by atoms with E-state index in [2.05, 4.69) is 236 Å². The normalized spacial score (nSPS) is 12.4. The number of fused-ring (bicyclic) bond motifs is 18. The van der Waals surface area contributed by atoms with E-state index in [1.54, 1.807) is 0 Å². The standard InChI is InChI=1S/C60H36N4/c1-2-16-40-39(15-1)41-17-3-11-28-54(41)63-55-29-12-6-20-44(55)47-24-14-30-58(60(47)63)64-57-34-32-38(36-50(57)48-23-13-22-46(40)59(48)64)62-53-27-10-7-21-45(53)49-35-37(31-33-56(49)62)61-51-25-8-4-18-42(51)43-19-5-9-26-52(43)61/h1-36H. The van der Waals surface area contributed by atoms with Gasteiger partial charge in [-0.2, -0.15) is 0 Å². The summed E-state index contributed by atoms with van der Waals surface area (Å²) in [7, 11) is 0. The molecule has 10 aromatic carbocycles. The monoisotopic (exact) mass is 812 g/mol. The second-order valence-electron chi connectivity index (χ2n) is 17.3. The first-order valence-electron chi connectivity index (χ1n) is 22.1. The van der Waals surface area contributed by atoms with Crippen LogP contribution in [0.4, 0.5) is 0 Å². The van der Waals surface area contributed by atoms with E-state index in [0.717, 1.165) is 16.9 Å². The number of rotatable bonds is 2. The van der Waals surface area contributed by atoms with Gasteiger partial charge in [-0.15, -0.1) is 0 Å². The van der Waals surface area contributed by atoms with Crippen molar-refractivity contribution >= 4 is 120 Å². The lowest BCUT2D eigenvalue weighted by Crippen LogP contribution is -1.96. The van der Waals surface area contributed by atoms with Gasteiger partial charge in [-0.1, -0.05) is 146 Å². The van der Waals surface area contributed by atoms with Crippen molar-refractivity contribution in [2.24, 2.45) is 0 Å². The Kier molecular flexibility index (Phi) is 6.65. The number of aromatic nitrogens is 4. The molecule has 0 unspecified atom stereocenters. The average molecular weight is 813 g/mol. The van der Waals surface area contributed by atoms with Gasteiger partial charge in [0.25, 0.3) is 0 Å². The molecule has 0 fully saturated rings. The molecule has 4 heteroatoms. The minimum absolute atomic E-state index is 1.14. The Bertz CT molecular complexity index is 4500. The number of hydrogen-bond acceptors (Lipinski definition) is 0. The van der Waals surface area contributed by atoms with Crippen LogP contribution in [0.5, 0.6) is 0 Å². The van der Waals surface area contributed by atoms with E-state index in [9.17, 15) is 0 Å². The molecule has 5 aromatic heterocycles. The van der Waals surface area contributed by atoms with Crippen molar-refractivity contribution in [1.29, 1.82) is 0 Å². The highest BCUT2D eigenvalue weighted by Crippen LogP contribution is 2.42. The van der Waals surface area contributed by atoms with E-state index < -0.39 is 0 Å². The molecule has 15 aromatic rings. The summed E-state index contributed by atoms with van der Waals surface area (Å²) in [5.74, 6) is 0. The van der Waals surface area contributed by atoms with Crippen LogP contribution in [0.3, 0.4) is 0 Å². The molecule has 0 saturated carbocycles. The first-order valence-corrected chi connectivity index (χ1v) is 22.1. The third-order valence-corrected chi connectivity index (χ3v) is 14.1. The van der Waals surface area contributed by atoms with Crippen molar-refractivity contribution in [2.45, 2.75) is 0 Å². The Morgan fingerprint density at radius 2 is 0.484 bits per heavy atom. The van der Waals surface area contributed by atoms with Crippen molar-refractivity contribution in [3.63, 3.8) is 0 Å². The quantitative estimate of drug-likeness (QED) is 0.166. The number of para-hydroxylation sites is 7. The van der Waals surface area contributed by atoms with Gasteiger partial charge in [0, 0.05) is 65.2 Å². The zero-order valence-electron chi connectivity index (χ0n) is 34.6. The molecule has 0 bridgehead atoms. The van der Waals surface area contributed by atoms with Gasteiger partial charge in [0.05, 0.1) is 55.2 Å². The summed E-state index contributed by atoms with van der Waals surface area (Å²) in [6.07, 6.45) is 0. The SMILES string of the molecule is c1ccc2c(c1)c1ccccc1n1c3ccccc3c3cccc(c31)n1c3ccc(-n4c5ccccc5c5cc(-n6c7ccccc7c7ccccc76)ccc54)cc3c3cccc2c31. The Morgan fingerprint density at radius 1 is 0.188 bits per heavy atom. The van der Waals surface area contributed by atoms with Gasteiger partial charge < -0.3 is 17.9 Å². The first-order chi connectivity index (χ1) is 31.8. The Morgan fingerprint density at radius 3 is 1.05 bits per heavy atom. The molecule has 0 spiro atoms. The molecular formula is C60H36N4. The number of nitrogens with zero attached hydrogens (tertiary/aromatic N) is 4. The number of benzene rings is 10. The highest BCUT2D eigenvalue weighted by molar-refractivity contribution is 6.25. The van der Waals surface area contributed by atoms with Gasteiger partial charge in [0.15, 0.2) is 0 Å². The summed E-state index contributed by atoms with van der Waals surface area (Å²) in [6.45, 7) is 0. The van der Waals surface area contributed by atoms with Gasteiger partial charge >= 0.3 is 0 Å². The molecule has 296 valence electrons. The van der Waals surface area contributed by atoms with E-state index >= 15 is 0 Å². The van der Waals surface area contributed by atoms with E-state index in [1.165, 1.54) is 114 Å². The maximum atomic E-state index is 2.55. The predicted molar refractivity (Wildman–Crippen MR) is 271 cm³/mol. The van der Waals surface area contributed by atoms with Gasteiger partial charge in [0.1, 0.15) is 0 Å². The van der Waals surface area contributed by atoms with Gasteiger partial charge in [-0.05, 0) is 83.6 Å². The summed E-state index contributed by atoms with van der Waals surface area (Å²) >= 11 is 0. The van der Waals surface area contributed by atoms with Crippen molar-refractivity contribution in [3.8, 4) is 11.4 Å². The summed E-state index contributed by atoms with van der Waals surface area (Å²) in [5, 5.41) is 14.8. The Balaban J connectivity index is 1.08. The maximum Gasteiger partial charge on any atom is 0.0782 e. The largest absolute Gasteiger partial charge is 0.309 e. The minimum Gasteiger partial charge on any atom is -0.309 e. The highest BCUT2D eigenvalue weighted by atomic mass is 15.0. The minimum atomic E-state index is 1.14. The second-order valence-corrected chi connectivity index (χ2v) is 17.3. The third-order valence-electron chi connectivity index (χ3n) is 14.1. The summed E-state index contributed by atoms with van der Waals surface area (Å²) in [5.41, 5.74) is 14.2. The third kappa shape index (κ3) is 4.36. The van der Waals surface area contributed by atoms with Crippen LogP contribution in [0.1, 0.15) is 0 Å². The molecule has 0 atom stereocenters. The molecule has 5 heterocycles. The summed E-state index contributed by atoms with van der Waals surface area (Å²) < 4.78 is 9.95. The lowest BCUT2D eigenvalue weighted by molar-refractivity contribution is 1.17. The van der Waals surface area contributed by atoms with E-state index in [-0.39, 0.29) is 0 Å². The fourth-order valence-corrected chi connectivity index (χ4v) is 11.5.